The Balaban J connectivity index is 2.17. The fourth-order valence-corrected chi connectivity index (χ4v) is 3.51. The van der Waals surface area contributed by atoms with Gasteiger partial charge in [-0.3, -0.25) is 4.79 Å². The lowest BCUT2D eigenvalue weighted by molar-refractivity contribution is 0.0691. The molecular weight excluding hydrogens is 358 g/mol. The van der Waals surface area contributed by atoms with Crippen LogP contribution in [0.4, 0.5) is 0 Å². The number of aromatic amines is 2. The summed E-state index contributed by atoms with van der Waals surface area (Å²) in [6, 6.07) is 5.77. The summed E-state index contributed by atoms with van der Waals surface area (Å²) in [4.78, 5) is 31.8. The molecule has 2 heterocycles. The predicted molar refractivity (Wildman–Crippen MR) is 109 cm³/mol. The molecule has 2 aromatic heterocycles. The largest absolute Gasteiger partial charge is 0.506 e. The Kier molecular flexibility index (Phi) is 5.29. The molecule has 0 saturated carbocycles. The first-order valence-electron chi connectivity index (χ1n) is 9.29. The van der Waals surface area contributed by atoms with E-state index in [2.05, 4.69) is 35.8 Å². The molecule has 0 radical (unpaired) electrons. The highest BCUT2D eigenvalue weighted by Crippen LogP contribution is 2.32. The molecule has 3 rings (SSSR count). The highest BCUT2D eigenvalue weighted by Gasteiger charge is 2.22. The second kappa shape index (κ2) is 7.52. The number of pyridine rings is 1. The summed E-state index contributed by atoms with van der Waals surface area (Å²) in [5.74, 6) is -1.91. The summed E-state index contributed by atoms with van der Waals surface area (Å²) in [7, 11) is 2.06. The van der Waals surface area contributed by atoms with Gasteiger partial charge in [0.25, 0.3) is 5.56 Å². The van der Waals surface area contributed by atoms with Gasteiger partial charge in [0.15, 0.2) is 5.56 Å². The van der Waals surface area contributed by atoms with Gasteiger partial charge in [0.05, 0.1) is 5.69 Å². The van der Waals surface area contributed by atoms with Crippen LogP contribution in [-0.4, -0.2) is 44.6 Å². The Labute approximate surface area is 162 Å². The van der Waals surface area contributed by atoms with Crippen molar-refractivity contribution < 1.29 is 15.0 Å². The lowest BCUT2D eigenvalue weighted by atomic mass is 9.99. The first-order valence-corrected chi connectivity index (χ1v) is 9.29. The number of nitrogens with one attached hydrogen (secondary N) is 2. The van der Waals surface area contributed by atoms with Gasteiger partial charge in [0, 0.05) is 34.3 Å². The van der Waals surface area contributed by atoms with Crippen LogP contribution < -0.4 is 5.56 Å². The molecule has 28 heavy (non-hydrogen) atoms. The zero-order chi connectivity index (χ0) is 20.6. The molecule has 0 aliphatic rings. The highest BCUT2D eigenvalue weighted by atomic mass is 16.4. The molecular formula is C21H25N3O4. The van der Waals surface area contributed by atoms with E-state index >= 15 is 0 Å². The zero-order valence-corrected chi connectivity index (χ0v) is 16.5. The van der Waals surface area contributed by atoms with E-state index in [1.807, 2.05) is 18.2 Å². The molecule has 0 atom stereocenters. The quantitative estimate of drug-likeness (QED) is 0.522. The van der Waals surface area contributed by atoms with Crippen molar-refractivity contribution in [2.45, 2.75) is 33.7 Å². The molecule has 0 unspecified atom stereocenters. The Morgan fingerprint density at radius 2 is 1.93 bits per heavy atom. The number of aromatic nitrogens is 2. The van der Waals surface area contributed by atoms with Crippen molar-refractivity contribution in [2.24, 2.45) is 0 Å². The number of hydrogen-bond acceptors (Lipinski definition) is 4. The minimum atomic E-state index is -1.44. The molecule has 3 aromatic rings. The van der Waals surface area contributed by atoms with Gasteiger partial charge in [-0.25, -0.2) is 4.79 Å². The molecule has 148 valence electrons. The Bertz CT molecular complexity index is 1110. The van der Waals surface area contributed by atoms with Gasteiger partial charge in [0.2, 0.25) is 0 Å². The standard InChI is InChI=1S/C21H25N3O4/c1-5-13-18(23-20(26)17(19(13)25)21(27)28)12-7-8-14-11(3)16(10-24(4)6-2)22-15(14)9-12/h7-9,22H,5-6,10H2,1-4H3,(H,27,28)(H2,23,25,26). The third-order valence-corrected chi connectivity index (χ3v) is 5.28. The zero-order valence-electron chi connectivity index (χ0n) is 16.5. The topological polar surface area (TPSA) is 109 Å². The van der Waals surface area contributed by atoms with Crippen molar-refractivity contribution in [1.82, 2.24) is 14.9 Å². The van der Waals surface area contributed by atoms with E-state index < -0.39 is 22.8 Å². The van der Waals surface area contributed by atoms with Gasteiger partial charge < -0.3 is 25.1 Å². The summed E-state index contributed by atoms with van der Waals surface area (Å²) < 4.78 is 0. The molecule has 1 aromatic carbocycles. The molecule has 7 nitrogen and oxygen atoms in total. The molecule has 0 spiro atoms. The monoisotopic (exact) mass is 383 g/mol. The van der Waals surface area contributed by atoms with E-state index in [4.69, 9.17) is 0 Å². The average Bonchev–Trinajstić information content (AvgIpc) is 2.95. The molecule has 0 saturated heterocycles. The number of aromatic hydroxyl groups is 1. The summed E-state index contributed by atoms with van der Waals surface area (Å²) in [5.41, 5.74) is 3.36. The Morgan fingerprint density at radius 3 is 2.54 bits per heavy atom. The van der Waals surface area contributed by atoms with Gasteiger partial charge in [-0.2, -0.15) is 0 Å². The number of nitrogens with zero attached hydrogens (tertiary/aromatic N) is 1. The predicted octanol–water partition coefficient (Wildman–Crippen LogP) is 3.25. The van der Waals surface area contributed by atoms with E-state index in [0.717, 1.165) is 29.7 Å². The molecule has 0 aliphatic heterocycles. The number of carboxylic acids is 1. The van der Waals surface area contributed by atoms with E-state index in [1.165, 1.54) is 5.56 Å². The average molecular weight is 383 g/mol. The van der Waals surface area contributed by atoms with Crippen LogP contribution in [0, 0.1) is 6.92 Å². The van der Waals surface area contributed by atoms with Crippen molar-refractivity contribution in [1.29, 1.82) is 0 Å². The number of aryl methyl sites for hydroxylation is 1. The van der Waals surface area contributed by atoms with Gasteiger partial charge >= 0.3 is 5.97 Å². The van der Waals surface area contributed by atoms with Crippen molar-refractivity contribution in [3.05, 3.63) is 50.9 Å². The van der Waals surface area contributed by atoms with Gasteiger partial charge in [-0.1, -0.05) is 26.0 Å². The molecule has 0 fully saturated rings. The maximum Gasteiger partial charge on any atom is 0.345 e. The van der Waals surface area contributed by atoms with E-state index in [9.17, 15) is 19.8 Å². The third-order valence-electron chi connectivity index (χ3n) is 5.28. The number of carboxylic acid groups (broad SMARTS) is 1. The fourth-order valence-electron chi connectivity index (χ4n) is 3.51. The number of H-pyrrole nitrogens is 2. The van der Waals surface area contributed by atoms with Gasteiger partial charge in [-0.15, -0.1) is 0 Å². The van der Waals surface area contributed by atoms with Crippen molar-refractivity contribution in [3.8, 4) is 17.0 Å². The minimum absolute atomic E-state index is 0.382. The van der Waals surface area contributed by atoms with Crippen LogP contribution in [0.15, 0.2) is 23.0 Å². The maximum atomic E-state index is 12.2. The fraction of sp³-hybridized carbons (Fsp3) is 0.333. The van der Waals surface area contributed by atoms with Gasteiger partial charge in [0.1, 0.15) is 5.75 Å². The second-order valence-corrected chi connectivity index (χ2v) is 7.01. The Morgan fingerprint density at radius 1 is 1.21 bits per heavy atom. The molecule has 4 N–H and O–H groups in total. The van der Waals surface area contributed by atoms with Crippen LogP contribution in [-0.2, 0) is 13.0 Å². The van der Waals surface area contributed by atoms with Crippen molar-refractivity contribution in [2.75, 3.05) is 13.6 Å². The van der Waals surface area contributed by atoms with E-state index in [0.29, 0.717) is 23.2 Å². The summed E-state index contributed by atoms with van der Waals surface area (Å²) in [6.07, 6.45) is 0.382. The van der Waals surface area contributed by atoms with Crippen LogP contribution in [0.5, 0.6) is 5.75 Å². The molecule has 7 heteroatoms. The van der Waals surface area contributed by atoms with E-state index in [1.54, 1.807) is 6.92 Å². The highest BCUT2D eigenvalue weighted by molar-refractivity contribution is 5.93. The van der Waals surface area contributed by atoms with Crippen LogP contribution in [0.1, 0.15) is 41.0 Å². The molecule has 0 amide bonds. The molecule has 0 bridgehead atoms. The first-order chi connectivity index (χ1) is 13.3. The van der Waals surface area contributed by atoms with Crippen LogP contribution in [0.2, 0.25) is 0 Å². The minimum Gasteiger partial charge on any atom is -0.506 e. The van der Waals surface area contributed by atoms with Gasteiger partial charge in [-0.05, 0) is 38.6 Å². The number of fused-ring (bicyclic) bond motifs is 1. The second-order valence-electron chi connectivity index (χ2n) is 7.01. The summed E-state index contributed by atoms with van der Waals surface area (Å²) in [6.45, 7) is 7.72. The number of carbonyl (C=O) groups is 1. The van der Waals surface area contributed by atoms with Crippen LogP contribution in [0.3, 0.4) is 0 Å². The smallest absolute Gasteiger partial charge is 0.345 e. The summed E-state index contributed by atoms with van der Waals surface area (Å²) in [5, 5.41) is 20.7. The first kappa shape index (κ1) is 19.7. The maximum absolute atomic E-state index is 12.2. The van der Waals surface area contributed by atoms with E-state index in [-0.39, 0.29) is 0 Å². The third kappa shape index (κ3) is 3.29. The lowest BCUT2D eigenvalue weighted by Gasteiger charge is -2.12. The normalized spacial score (nSPS) is 11.5. The van der Waals surface area contributed by atoms with Crippen molar-refractivity contribution in [3.63, 3.8) is 0 Å². The number of benzene rings is 1. The number of aromatic carboxylic acids is 1. The van der Waals surface area contributed by atoms with Crippen LogP contribution in [0.25, 0.3) is 22.2 Å². The van der Waals surface area contributed by atoms with Crippen LogP contribution >= 0.6 is 0 Å². The summed E-state index contributed by atoms with van der Waals surface area (Å²) >= 11 is 0. The van der Waals surface area contributed by atoms with Crippen molar-refractivity contribution >= 4 is 16.9 Å². The Hall–Kier alpha value is -3.06. The number of hydrogen-bond donors (Lipinski definition) is 4. The molecule has 0 aliphatic carbocycles. The lowest BCUT2D eigenvalue weighted by Crippen LogP contribution is -2.20. The number of rotatable bonds is 6. The SMILES string of the molecule is CCc1c(-c2ccc3c(C)c(CN(C)CC)[nH]c3c2)[nH]c(=O)c(C(=O)O)c1O.